The second kappa shape index (κ2) is 5.40. The lowest BCUT2D eigenvalue weighted by Gasteiger charge is -2.22. The molecule has 0 bridgehead atoms. The predicted molar refractivity (Wildman–Crippen MR) is 70.6 cm³/mol. The van der Waals surface area contributed by atoms with Crippen LogP contribution in [-0.4, -0.2) is 22.4 Å². The summed E-state index contributed by atoms with van der Waals surface area (Å²) >= 11 is 0. The van der Waals surface area contributed by atoms with E-state index < -0.39 is 0 Å². The second-order valence-electron chi connectivity index (χ2n) is 3.90. The van der Waals surface area contributed by atoms with Crippen LogP contribution in [0.2, 0.25) is 0 Å². The Bertz CT molecular complexity index is 540. The van der Waals surface area contributed by atoms with E-state index in [0.717, 1.165) is 11.4 Å². The summed E-state index contributed by atoms with van der Waals surface area (Å²) in [5.41, 5.74) is 2.27. The number of anilines is 1. The van der Waals surface area contributed by atoms with Crippen LogP contribution in [-0.2, 0) is 0 Å². The van der Waals surface area contributed by atoms with Crippen molar-refractivity contribution < 1.29 is 4.79 Å². The Morgan fingerprint density at radius 3 is 2.67 bits per heavy atom. The Kier molecular flexibility index (Phi) is 3.67. The monoisotopic (exact) mass is 241 g/mol. The molecule has 1 amide bonds. The largest absolute Gasteiger partial charge is 0.307 e. The van der Waals surface area contributed by atoms with Gasteiger partial charge < -0.3 is 4.90 Å². The standard InChI is InChI=1S/C14H15N3O/c1-3-17(13-7-5-9-16-11(13)2)14(18)12-6-4-8-15-10-12/h4-10H,3H2,1-2H3. The molecule has 92 valence electrons. The second-order valence-corrected chi connectivity index (χ2v) is 3.90. The average molecular weight is 241 g/mol. The maximum Gasteiger partial charge on any atom is 0.259 e. The van der Waals surface area contributed by atoms with Gasteiger partial charge in [0.05, 0.1) is 16.9 Å². The lowest BCUT2D eigenvalue weighted by Crippen LogP contribution is -2.31. The fourth-order valence-corrected chi connectivity index (χ4v) is 1.83. The number of carbonyl (C=O) groups excluding carboxylic acids is 1. The van der Waals surface area contributed by atoms with Crippen molar-refractivity contribution in [3.8, 4) is 0 Å². The summed E-state index contributed by atoms with van der Waals surface area (Å²) in [5.74, 6) is -0.0540. The lowest BCUT2D eigenvalue weighted by atomic mass is 10.2. The van der Waals surface area contributed by atoms with Crippen LogP contribution in [0.1, 0.15) is 23.0 Å². The quantitative estimate of drug-likeness (QED) is 0.829. The van der Waals surface area contributed by atoms with Gasteiger partial charge in [0.15, 0.2) is 0 Å². The number of hydrogen-bond donors (Lipinski definition) is 0. The minimum atomic E-state index is -0.0540. The van der Waals surface area contributed by atoms with Crippen LogP contribution in [0.4, 0.5) is 5.69 Å². The highest BCUT2D eigenvalue weighted by molar-refractivity contribution is 6.06. The van der Waals surface area contributed by atoms with Gasteiger partial charge in [0.25, 0.3) is 5.91 Å². The van der Waals surface area contributed by atoms with Crippen molar-refractivity contribution in [2.75, 3.05) is 11.4 Å². The van der Waals surface area contributed by atoms with Crippen LogP contribution in [0.25, 0.3) is 0 Å². The highest BCUT2D eigenvalue weighted by atomic mass is 16.2. The van der Waals surface area contributed by atoms with Crippen molar-refractivity contribution in [2.45, 2.75) is 13.8 Å². The van der Waals surface area contributed by atoms with Crippen LogP contribution in [0.3, 0.4) is 0 Å². The number of carbonyl (C=O) groups is 1. The minimum Gasteiger partial charge on any atom is -0.307 e. The van der Waals surface area contributed by atoms with Gasteiger partial charge in [-0.05, 0) is 38.1 Å². The highest BCUT2D eigenvalue weighted by Gasteiger charge is 2.17. The summed E-state index contributed by atoms with van der Waals surface area (Å²) < 4.78 is 0. The number of pyridine rings is 2. The van der Waals surface area contributed by atoms with E-state index in [-0.39, 0.29) is 5.91 Å². The van der Waals surface area contributed by atoms with Crippen LogP contribution in [0, 0.1) is 6.92 Å². The van der Waals surface area contributed by atoms with Gasteiger partial charge in [0.1, 0.15) is 0 Å². The van der Waals surface area contributed by atoms with E-state index in [2.05, 4.69) is 9.97 Å². The van der Waals surface area contributed by atoms with Crippen LogP contribution in [0.5, 0.6) is 0 Å². The Balaban J connectivity index is 2.36. The van der Waals surface area contributed by atoms with Crippen LogP contribution in [0.15, 0.2) is 42.9 Å². The van der Waals surface area contributed by atoms with Gasteiger partial charge in [-0.1, -0.05) is 0 Å². The van der Waals surface area contributed by atoms with Gasteiger partial charge in [0.2, 0.25) is 0 Å². The zero-order valence-corrected chi connectivity index (χ0v) is 10.5. The van der Waals surface area contributed by atoms with E-state index in [1.165, 1.54) is 0 Å². The molecule has 2 heterocycles. The third-order valence-electron chi connectivity index (χ3n) is 2.74. The summed E-state index contributed by atoms with van der Waals surface area (Å²) in [6.45, 7) is 4.44. The molecule has 0 aliphatic heterocycles. The summed E-state index contributed by atoms with van der Waals surface area (Å²) in [6, 6.07) is 7.27. The Morgan fingerprint density at radius 1 is 1.28 bits per heavy atom. The van der Waals surface area contributed by atoms with E-state index in [1.807, 2.05) is 26.0 Å². The molecule has 0 atom stereocenters. The molecule has 2 aromatic rings. The number of rotatable bonds is 3. The maximum atomic E-state index is 12.4. The number of aryl methyl sites for hydroxylation is 1. The number of nitrogens with zero attached hydrogens (tertiary/aromatic N) is 3. The molecule has 0 fully saturated rings. The minimum absolute atomic E-state index is 0.0540. The highest BCUT2D eigenvalue weighted by Crippen LogP contribution is 2.19. The number of amides is 1. The first-order chi connectivity index (χ1) is 8.74. The first-order valence-electron chi connectivity index (χ1n) is 5.87. The zero-order valence-electron chi connectivity index (χ0n) is 10.5. The molecule has 0 aromatic carbocycles. The third kappa shape index (κ3) is 2.37. The molecule has 0 saturated carbocycles. The molecule has 4 heteroatoms. The molecule has 2 aromatic heterocycles. The molecule has 0 unspecified atom stereocenters. The van der Waals surface area contributed by atoms with E-state index in [0.29, 0.717) is 12.1 Å². The van der Waals surface area contributed by atoms with Crippen molar-refractivity contribution in [3.05, 3.63) is 54.1 Å². The van der Waals surface area contributed by atoms with Gasteiger partial charge in [-0.15, -0.1) is 0 Å². The molecule has 18 heavy (non-hydrogen) atoms. The predicted octanol–water partition coefficient (Wildman–Crippen LogP) is 2.45. The van der Waals surface area contributed by atoms with E-state index in [4.69, 9.17) is 0 Å². The first kappa shape index (κ1) is 12.2. The number of hydrogen-bond acceptors (Lipinski definition) is 3. The van der Waals surface area contributed by atoms with E-state index in [9.17, 15) is 4.79 Å². The van der Waals surface area contributed by atoms with Gasteiger partial charge in [-0.25, -0.2) is 0 Å². The lowest BCUT2D eigenvalue weighted by molar-refractivity contribution is 0.0987. The van der Waals surface area contributed by atoms with Crippen molar-refractivity contribution >= 4 is 11.6 Å². The molecular formula is C14H15N3O. The van der Waals surface area contributed by atoms with Gasteiger partial charge in [0, 0.05) is 25.1 Å². The zero-order chi connectivity index (χ0) is 13.0. The van der Waals surface area contributed by atoms with Gasteiger partial charge >= 0.3 is 0 Å². The number of aromatic nitrogens is 2. The summed E-state index contributed by atoms with van der Waals surface area (Å²) in [6.07, 6.45) is 4.96. The van der Waals surface area contributed by atoms with Crippen molar-refractivity contribution in [1.82, 2.24) is 9.97 Å². The summed E-state index contributed by atoms with van der Waals surface area (Å²) in [5, 5.41) is 0. The third-order valence-corrected chi connectivity index (χ3v) is 2.74. The normalized spacial score (nSPS) is 10.1. The summed E-state index contributed by atoms with van der Waals surface area (Å²) in [4.78, 5) is 22.3. The molecule has 0 aliphatic rings. The first-order valence-corrected chi connectivity index (χ1v) is 5.87. The summed E-state index contributed by atoms with van der Waals surface area (Å²) in [7, 11) is 0. The molecular weight excluding hydrogens is 226 g/mol. The Hall–Kier alpha value is -2.23. The van der Waals surface area contributed by atoms with Crippen molar-refractivity contribution in [1.29, 1.82) is 0 Å². The van der Waals surface area contributed by atoms with Gasteiger partial charge in [-0.3, -0.25) is 14.8 Å². The smallest absolute Gasteiger partial charge is 0.259 e. The average Bonchev–Trinajstić information content (AvgIpc) is 2.42. The van der Waals surface area contributed by atoms with Crippen LogP contribution < -0.4 is 4.90 Å². The van der Waals surface area contributed by atoms with Crippen LogP contribution >= 0.6 is 0 Å². The Morgan fingerprint density at radius 2 is 2.06 bits per heavy atom. The molecule has 4 nitrogen and oxygen atoms in total. The molecule has 2 rings (SSSR count). The fourth-order valence-electron chi connectivity index (χ4n) is 1.83. The van der Waals surface area contributed by atoms with E-state index in [1.54, 1.807) is 35.6 Å². The van der Waals surface area contributed by atoms with Crippen molar-refractivity contribution in [2.24, 2.45) is 0 Å². The SMILES string of the molecule is CCN(C(=O)c1cccnc1)c1cccnc1C. The molecule has 0 aliphatic carbocycles. The van der Waals surface area contributed by atoms with Crippen molar-refractivity contribution in [3.63, 3.8) is 0 Å². The maximum absolute atomic E-state index is 12.4. The topological polar surface area (TPSA) is 46.1 Å². The molecule has 0 N–H and O–H groups in total. The Labute approximate surface area is 106 Å². The molecule has 0 saturated heterocycles. The van der Waals surface area contributed by atoms with E-state index >= 15 is 0 Å². The molecule has 0 radical (unpaired) electrons. The molecule has 0 spiro atoms. The fraction of sp³-hybridized carbons (Fsp3) is 0.214. The van der Waals surface area contributed by atoms with Gasteiger partial charge in [-0.2, -0.15) is 0 Å².